The molecule has 4 aromatic rings. The quantitative estimate of drug-likeness (QED) is 0.535. The van der Waals surface area contributed by atoms with Crippen molar-refractivity contribution in [3.63, 3.8) is 0 Å². The van der Waals surface area contributed by atoms with Gasteiger partial charge in [0.25, 0.3) is 10.0 Å². The Morgan fingerprint density at radius 2 is 2.07 bits per heavy atom. The van der Waals surface area contributed by atoms with Crippen LogP contribution in [0, 0.1) is 0 Å². The number of fused-ring (bicyclic) bond motifs is 2. The van der Waals surface area contributed by atoms with E-state index in [-0.39, 0.29) is 11.7 Å². The molecule has 0 bridgehead atoms. The molecule has 0 radical (unpaired) electrons. The SMILES string of the molecule is C[C@@H]1COCCN1c1nc(-c2cncc3[nH]ccc23)nc2c1cnn2S(C)(=O)=O. The van der Waals surface area contributed by atoms with Crippen LogP contribution >= 0.6 is 0 Å². The first kappa shape index (κ1) is 18.0. The van der Waals surface area contributed by atoms with E-state index in [0.29, 0.717) is 42.4 Å². The Balaban J connectivity index is 1.82. The Kier molecular flexibility index (Phi) is 4.03. The van der Waals surface area contributed by atoms with Crippen LogP contribution in [-0.2, 0) is 14.8 Å². The molecule has 0 aromatic carbocycles. The highest BCUT2D eigenvalue weighted by molar-refractivity contribution is 7.89. The average Bonchev–Trinajstić information content (AvgIpc) is 3.34. The first-order chi connectivity index (χ1) is 13.9. The number of morpholine rings is 1. The van der Waals surface area contributed by atoms with Gasteiger partial charge in [-0.05, 0) is 13.0 Å². The van der Waals surface area contributed by atoms with Crippen molar-refractivity contribution in [1.29, 1.82) is 0 Å². The molecule has 150 valence electrons. The molecule has 0 unspecified atom stereocenters. The number of nitrogens with zero attached hydrogens (tertiary/aromatic N) is 6. The monoisotopic (exact) mass is 413 g/mol. The van der Waals surface area contributed by atoms with E-state index in [2.05, 4.69) is 25.0 Å². The van der Waals surface area contributed by atoms with Crippen LogP contribution in [0.25, 0.3) is 33.3 Å². The van der Waals surface area contributed by atoms with Gasteiger partial charge in [-0.25, -0.2) is 18.4 Å². The standard InChI is InChI=1S/C18H19N7O3S/c1-11-10-28-6-5-24(11)17-14-8-21-25(29(2,26)27)18(14)23-16(22-17)13-7-19-9-15-12(13)3-4-20-15/h3-4,7-9,11,20H,5-6,10H2,1-2H3/t11-/m1/s1. The number of aromatic amines is 1. The van der Waals surface area contributed by atoms with Crippen molar-refractivity contribution < 1.29 is 13.2 Å². The molecule has 5 rings (SSSR count). The minimum Gasteiger partial charge on any atom is -0.377 e. The number of H-pyrrole nitrogens is 1. The lowest BCUT2D eigenvalue weighted by Crippen LogP contribution is -2.44. The fraction of sp³-hybridized carbons (Fsp3) is 0.333. The molecule has 29 heavy (non-hydrogen) atoms. The number of aromatic nitrogens is 6. The van der Waals surface area contributed by atoms with Crippen LogP contribution in [0.3, 0.4) is 0 Å². The Morgan fingerprint density at radius 1 is 1.21 bits per heavy atom. The van der Waals surface area contributed by atoms with Crippen LogP contribution in [0.2, 0.25) is 0 Å². The smallest absolute Gasteiger partial charge is 0.252 e. The minimum absolute atomic E-state index is 0.0810. The summed E-state index contributed by atoms with van der Waals surface area (Å²) in [6.07, 6.45) is 7.84. The zero-order valence-corrected chi connectivity index (χ0v) is 16.7. The normalized spacial score (nSPS) is 18.0. The van der Waals surface area contributed by atoms with E-state index < -0.39 is 10.0 Å². The van der Waals surface area contributed by atoms with Crippen molar-refractivity contribution in [2.75, 3.05) is 30.9 Å². The van der Waals surface area contributed by atoms with Crippen LogP contribution in [0.1, 0.15) is 6.92 Å². The lowest BCUT2D eigenvalue weighted by Gasteiger charge is -2.34. The number of anilines is 1. The zero-order valence-electron chi connectivity index (χ0n) is 15.9. The van der Waals surface area contributed by atoms with Gasteiger partial charge in [0.05, 0.1) is 48.8 Å². The second kappa shape index (κ2) is 6.49. The average molecular weight is 413 g/mol. The van der Waals surface area contributed by atoms with E-state index in [1.807, 2.05) is 19.2 Å². The van der Waals surface area contributed by atoms with E-state index >= 15 is 0 Å². The molecule has 0 aliphatic carbocycles. The summed E-state index contributed by atoms with van der Waals surface area (Å²) < 4.78 is 31.0. The van der Waals surface area contributed by atoms with Crippen molar-refractivity contribution in [3.05, 3.63) is 30.9 Å². The van der Waals surface area contributed by atoms with Gasteiger partial charge >= 0.3 is 0 Å². The highest BCUT2D eigenvalue weighted by Crippen LogP contribution is 2.32. The summed E-state index contributed by atoms with van der Waals surface area (Å²) in [5.74, 6) is 1.04. The van der Waals surface area contributed by atoms with Crippen LogP contribution in [0.15, 0.2) is 30.9 Å². The molecule has 11 heteroatoms. The van der Waals surface area contributed by atoms with Gasteiger partial charge in [0.2, 0.25) is 0 Å². The summed E-state index contributed by atoms with van der Waals surface area (Å²) in [6, 6.07) is 2.00. The molecule has 1 aliphatic rings. The van der Waals surface area contributed by atoms with Gasteiger partial charge in [-0.1, -0.05) is 0 Å². The summed E-state index contributed by atoms with van der Waals surface area (Å²) >= 11 is 0. The predicted molar refractivity (Wildman–Crippen MR) is 108 cm³/mol. The van der Waals surface area contributed by atoms with E-state index in [0.717, 1.165) is 21.2 Å². The van der Waals surface area contributed by atoms with Crippen LogP contribution < -0.4 is 4.90 Å². The van der Waals surface area contributed by atoms with Gasteiger partial charge in [0, 0.05) is 29.9 Å². The van der Waals surface area contributed by atoms with Crippen molar-refractivity contribution in [2.24, 2.45) is 0 Å². The molecule has 1 fully saturated rings. The number of nitrogens with one attached hydrogen (secondary N) is 1. The first-order valence-corrected chi connectivity index (χ1v) is 11.0. The third-order valence-electron chi connectivity index (χ3n) is 5.05. The molecule has 1 atom stereocenters. The molecular weight excluding hydrogens is 394 g/mol. The molecule has 1 saturated heterocycles. The summed E-state index contributed by atoms with van der Waals surface area (Å²) in [4.78, 5) is 18.9. The number of rotatable bonds is 3. The number of ether oxygens (including phenoxy) is 1. The fourth-order valence-electron chi connectivity index (χ4n) is 3.65. The number of hydrogen-bond acceptors (Lipinski definition) is 8. The van der Waals surface area contributed by atoms with Gasteiger partial charge in [-0.2, -0.15) is 5.10 Å². The Bertz CT molecular complexity index is 1330. The molecule has 4 aromatic heterocycles. The van der Waals surface area contributed by atoms with Crippen molar-refractivity contribution in [3.8, 4) is 11.4 Å². The molecule has 1 N–H and O–H groups in total. The summed E-state index contributed by atoms with van der Waals surface area (Å²) in [5.41, 5.74) is 1.82. The molecular formula is C18H19N7O3S. The molecule has 0 saturated carbocycles. The topological polar surface area (TPSA) is 119 Å². The lowest BCUT2D eigenvalue weighted by molar-refractivity contribution is 0.0987. The molecule has 10 nitrogen and oxygen atoms in total. The van der Waals surface area contributed by atoms with Gasteiger partial charge in [0.1, 0.15) is 5.82 Å². The molecule has 0 spiro atoms. The van der Waals surface area contributed by atoms with Crippen molar-refractivity contribution in [1.82, 2.24) is 29.1 Å². The van der Waals surface area contributed by atoms with Gasteiger partial charge in [0.15, 0.2) is 11.5 Å². The second-order valence-corrected chi connectivity index (χ2v) is 8.91. The highest BCUT2D eigenvalue weighted by Gasteiger charge is 2.26. The van der Waals surface area contributed by atoms with E-state index in [1.165, 1.54) is 6.20 Å². The lowest BCUT2D eigenvalue weighted by atomic mass is 10.1. The molecule has 5 heterocycles. The predicted octanol–water partition coefficient (Wildman–Crippen LogP) is 1.40. The first-order valence-electron chi connectivity index (χ1n) is 9.15. The fourth-order valence-corrected chi connectivity index (χ4v) is 4.33. The summed E-state index contributed by atoms with van der Waals surface area (Å²) in [7, 11) is -3.63. The van der Waals surface area contributed by atoms with Crippen molar-refractivity contribution >= 4 is 37.8 Å². The number of pyridine rings is 1. The maximum atomic E-state index is 12.3. The van der Waals surface area contributed by atoms with Crippen LogP contribution in [-0.4, -0.2) is 69.6 Å². The minimum atomic E-state index is -3.63. The Hall–Kier alpha value is -3.05. The van der Waals surface area contributed by atoms with Crippen LogP contribution in [0.4, 0.5) is 5.82 Å². The molecule has 1 aliphatic heterocycles. The highest BCUT2D eigenvalue weighted by atomic mass is 32.2. The largest absolute Gasteiger partial charge is 0.377 e. The third kappa shape index (κ3) is 2.93. The summed E-state index contributed by atoms with van der Waals surface area (Å²) in [5, 5.41) is 5.57. The Labute approximate surface area is 166 Å². The Morgan fingerprint density at radius 3 is 2.86 bits per heavy atom. The van der Waals surface area contributed by atoms with E-state index in [4.69, 9.17) is 9.72 Å². The summed E-state index contributed by atoms with van der Waals surface area (Å²) in [6.45, 7) is 3.82. The van der Waals surface area contributed by atoms with Gasteiger partial charge < -0.3 is 14.6 Å². The number of hydrogen-bond donors (Lipinski definition) is 1. The zero-order chi connectivity index (χ0) is 20.2. The van der Waals surface area contributed by atoms with E-state index in [9.17, 15) is 8.42 Å². The maximum absolute atomic E-state index is 12.3. The van der Waals surface area contributed by atoms with E-state index in [1.54, 1.807) is 12.4 Å². The van der Waals surface area contributed by atoms with Crippen molar-refractivity contribution in [2.45, 2.75) is 13.0 Å². The third-order valence-corrected chi connectivity index (χ3v) is 5.94. The van der Waals surface area contributed by atoms with Gasteiger partial charge in [-0.3, -0.25) is 4.98 Å². The molecule has 0 amide bonds. The maximum Gasteiger partial charge on any atom is 0.252 e. The second-order valence-electron chi connectivity index (χ2n) is 7.10. The van der Waals surface area contributed by atoms with Gasteiger partial charge in [-0.15, -0.1) is 4.09 Å². The van der Waals surface area contributed by atoms with Crippen LogP contribution in [0.5, 0.6) is 0 Å².